The van der Waals surface area contributed by atoms with Crippen LogP contribution >= 0.6 is 11.9 Å². The molecule has 0 aliphatic carbocycles. The number of aliphatic hydroxyl groups is 1. The molecule has 4 N–H and O–H groups in total. The Labute approximate surface area is 198 Å². The van der Waals surface area contributed by atoms with Crippen molar-refractivity contribution in [2.45, 2.75) is 44.9 Å². The highest BCUT2D eigenvalue weighted by molar-refractivity contribution is 8.00. The van der Waals surface area contributed by atoms with Crippen molar-refractivity contribution >= 4 is 34.4 Å². The second-order valence-electron chi connectivity index (χ2n) is 8.59. The number of aromatic nitrogens is 1. The summed E-state index contributed by atoms with van der Waals surface area (Å²) in [4.78, 5) is 13.6. The van der Waals surface area contributed by atoms with Crippen LogP contribution in [0.2, 0.25) is 0 Å². The number of carbonyl (C=O) groups excluding carboxylic acids is 1. The summed E-state index contributed by atoms with van der Waals surface area (Å²) in [5.41, 5.74) is 4.52. The number of nitrogens with one attached hydrogen (secondary N) is 3. The van der Waals surface area contributed by atoms with E-state index in [1.54, 1.807) is 31.1 Å². The lowest BCUT2D eigenvalue weighted by Gasteiger charge is -2.25. The van der Waals surface area contributed by atoms with Crippen molar-refractivity contribution in [3.63, 3.8) is 0 Å². The summed E-state index contributed by atoms with van der Waals surface area (Å²) in [6.07, 6.45) is 0.365. The largest absolute Gasteiger partial charge is 0.390 e. The lowest BCUT2D eigenvalue weighted by molar-refractivity contribution is 0.0825. The maximum Gasteiger partial charge on any atom is 0.268 e. The van der Waals surface area contributed by atoms with E-state index in [2.05, 4.69) is 45.9 Å². The van der Waals surface area contributed by atoms with Gasteiger partial charge in [0.25, 0.3) is 5.91 Å². The van der Waals surface area contributed by atoms with E-state index >= 15 is 0 Å². The Balaban J connectivity index is 1.71. The highest BCUT2D eigenvalue weighted by atomic mass is 32.2. The van der Waals surface area contributed by atoms with Gasteiger partial charge in [-0.3, -0.25) is 4.79 Å². The van der Waals surface area contributed by atoms with Gasteiger partial charge in [0.2, 0.25) is 0 Å². The summed E-state index contributed by atoms with van der Waals surface area (Å²) in [6.45, 7) is 4.53. The Morgan fingerprint density at radius 3 is 2.88 bits per heavy atom. The molecule has 1 aromatic heterocycles. The molecule has 0 radical (unpaired) electrons. The Morgan fingerprint density at radius 2 is 2.15 bits per heavy atom. The monoisotopic (exact) mass is 470 g/mol. The fourth-order valence-corrected chi connectivity index (χ4v) is 5.32. The Kier molecular flexibility index (Phi) is 7.26. The first-order valence-electron chi connectivity index (χ1n) is 11.4. The van der Waals surface area contributed by atoms with E-state index in [0.29, 0.717) is 18.7 Å². The van der Waals surface area contributed by atoms with E-state index in [0.717, 1.165) is 34.3 Å². The quantitative estimate of drug-likeness (QED) is 0.376. The molecule has 0 bridgehead atoms. The number of aryl methyl sites for hydroxylation is 1. The Morgan fingerprint density at radius 1 is 1.33 bits per heavy atom. The standard InChI is InChI=1S/C25H31FN4O2S/c1-4-17-8-9-20-24-19(17)12-22(30(24)15(2)14-33-29-20)25(32)28-21(23(31)13-27-3)11-16-6-5-7-18(26)10-16/h5-10,12,15,21,23,27,29,31H,4,11,13-14H2,1-3H3,(H,28,32)/t15?,21-,23+/m0/s1. The molecule has 33 heavy (non-hydrogen) atoms. The van der Waals surface area contributed by atoms with Crippen molar-refractivity contribution in [2.75, 3.05) is 24.1 Å². The van der Waals surface area contributed by atoms with Gasteiger partial charge in [-0.15, -0.1) is 0 Å². The molecule has 2 heterocycles. The van der Waals surface area contributed by atoms with E-state index < -0.39 is 12.1 Å². The average molecular weight is 471 g/mol. The van der Waals surface area contributed by atoms with Crippen LogP contribution in [0.15, 0.2) is 42.5 Å². The molecule has 1 amide bonds. The summed E-state index contributed by atoms with van der Waals surface area (Å²) < 4.78 is 19.3. The van der Waals surface area contributed by atoms with Crippen LogP contribution in [0.5, 0.6) is 0 Å². The number of carbonyl (C=O) groups is 1. The summed E-state index contributed by atoms with van der Waals surface area (Å²) in [6, 6.07) is 12.0. The van der Waals surface area contributed by atoms with Crippen molar-refractivity contribution in [2.24, 2.45) is 0 Å². The number of hydrogen-bond donors (Lipinski definition) is 4. The minimum Gasteiger partial charge on any atom is -0.390 e. The molecule has 0 fully saturated rings. The lowest BCUT2D eigenvalue weighted by Crippen LogP contribution is -2.48. The third-order valence-corrected chi connectivity index (χ3v) is 7.20. The van der Waals surface area contributed by atoms with Gasteiger partial charge in [-0.2, -0.15) is 0 Å². The molecular formula is C25H31FN4O2S. The number of anilines is 1. The summed E-state index contributed by atoms with van der Waals surface area (Å²) in [7, 11) is 1.75. The lowest BCUT2D eigenvalue weighted by atomic mass is 10.0. The summed E-state index contributed by atoms with van der Waals surface area (Å²) >= 11 is 1.63. The molecule has 0 saturated heterocycles. The van der Waals surface area contributed by atoms with Crippen molar-refractivity contribution < 1.29 is 14.3 Å². The molecule has 1 unspecified atom stereocenters. The smallest absolute Gasteiger partial charge is 0.268 e. The first-order valence-corrected chi connectivity index (χ1v) is 12.3. The van der Waals surface area contributed by atoms with Crippen LogP contribution in [0, 0.1) is 5.82 Å². The summed E-state index contributed by atoms with van der Waals surface area (Å²) in [5.74, 6) is 0.238. The zero-order chi connectivity index (χ0) is 23.5. The molecule has 2 aromatic carbocycles. The third-order valence-electron chi connectivity index (χ3n) is 6.19. The number of aliphatic hydroxyl groups excluding tert-OH is 1. The molecule has 3 atom stereocenters. The maximum atomic E-state index is 13.7. The van der Waals surface area contributed by atoms with E-state index in [9.17, 15) is 14.3 Å². The SMILES string of the molecule is CCc1ccc2c3c1cc(C(=O)N[C@@H](Cc1cccc(F)c1)[C@H](O)CNC)n3C(C)CSN2. The van der Waals surface area contributed by atoms with Gasteiger partial charge in [0.15, 0.2) is 0 Å². The van der Waals surface area contributed by atoms with Crippen LogP contribution in [-0.4, -0.2) is 47.1 Å². The molecule has 0 spiro atoms. The molecule has 6 nitrogen and oxygen atoms in total. The van der Waals surface area contributed by atoms with Gasteiger partial charge in [-0.1, -0.05) is 37.1 Å². The number of amides is 1. The zero-order valence-corrected chi connectivity index (χ0v) is 20.0. The van der Waals surface area contributed by atoms with Gasteiger partial charge < -0.3 is 25.0 Å². The fraction of sp³-hybridized carbons (Fsp3) is 0.400. The second kappa shape index (κ2) is 10.2. The molecular weight excluding hydrogens is 439 g/mol. The number of likely N-dealkylation sites (N-methyl/N-ethyl adjacent to an activating group) is 1. The molecule has 176 valence electrons. The van der Waals surface area contributed by atoms with Gasteiger partial charge in [0.05, 0.1) is 23.3 Å². The summed E-state index contributed by atoms with van der Waals surface area (Å²) in [5, 5.41) is 17.8. The molecule has 1 aliphatic rings. The molecule has 3 aromatic rings. The van der Waals surface area contributed by atoms with Crippen molar-refractivity contribution in [1.29, 1.82) is 0 Å². The highest BCUT2D eigenvalue weighted by Gasteiger charge is 2.28. The fourth-order valence-electron chi connectivity index (χ4n) is 4.53. The molecule has 8 heteroatoms. The van der Waals surface area contributed by atoms with Crippen LogP contribution < -0.4 is 15.4 Å². The van der Waals surface area contributed by atoms with Crippen LogP contribution in [0.3, 0.4) is 0 Å². The molecule has 0 saturated carbocycles. The Bertz CT molecular complexity index is 1150. The van der Waals surface area contributed by atoms with Crippen molar-refractivity contribution in [3.05, 3.63) is 65.1 Å². The van der Waals surface area contributed by atoms with Crippen LogP contribution in [0.25, 0.3) is 10.9 Å². The second-order valence-corrected chi connectivity index (χ2v) is 9.41. The zero-order valence-electron chi connectivity index (χ0n) is 19.2. The predicted octanol–water partition coefficient (Wildman–Crippen LogP) is 3.90. The highest BCUT2D eigenvalue weighted by Crippen LogP contribution is 2.37. The van der Waals surface area contributed by atoms with Crippen LogP contribution in [0.1, 0.15) is 41.5 Å². The number of nitrogens with zero attached hydrogens (tertiary/aromatic N) is 1. The van der Waals surface area contributed by atoms with Gasteiger partial charge >= 0.3 is 0 Å². The molecule has 4 rings (SSSR count). The van der Waals surface area contributed by atoms with E-state index in [-0.39, 0.29) is 17.8 Å². The number of benzene rings is 2. The predicted molar refractivity (Wildman–Crippen MR) is 133 cm³/mol. The normalized spacial score (nSPS) is 17.3. The first-order chi connectivity index (χ1) is 15.9. The third kappa shape index (κ3) is 4.88. The minimum atomic E-state index is -0.827. The van der Waals surface area contributed by atoms with Gasteiger partial charge in [0.1, 0.15) is 11.5 Å². The van der Waals surface area contributed by atoms with Crippen molar-refractivity contribution in [3.8, 4) is 0 Å². The van der Waals surface area contributed by atoms with E-state index in [4.69, 9.17) is 0 Å². The maximum absolute atomic E-state index is 13.7. The van der Waals surface area contributed by atoms with Gasteiger partial charge in [0, 0.05) is 23.7 Å². The first kappa shape index (κ1) is 23.6. The number of rotatable bonds is 8. The number of hydrogen-bond acceptors (Lipinski definition) is 5. The van der Waals surface area contributed by atoms with Crippen LogP contribution in [0.4, 0.5) is 10.1 Å². The van der Waals surface area contributed by atoms with E-state index in [1.165, 1.54) is 17.7 Å². The Hall–Kier alpha value is -2.55. The topological polar surface area (TPSA) is 78.3 Å². The van der Waals surface area contributed by atoms with Gasteiger partial charge in [-0.25, -0.2) is 4.39 Å². The van der Waals surface area contributed by atoms with Gasteiger partial charge in [-0.05, 0) is 62.2 Å². The molecule has 1 aliphatic heterocycles. The average Bonchev–Trinajstić information content (AvgIpc) is 3.12. The van der Waals surface area contributed by atoms with Crippen LogP contribution in [-0.2, 0) is 12.8 Å². The van der Waals surface area contributed by atoms with Crippen molar-refractivity contribution in [1.82, 2.24) is 15.2 Å². The minimum absolute atomic E-state index is 0.109. The number of halogens is 1. The van der Waals surface area contributed by atoms with E-state index in [1.807, 2.05) is 6.07 Å².